The van der Waals surface area contributed by atoms with E-state index in [1.807, 2.05) is 49.4 Å². The highest BCUT2D eigenvalue weighted by Crippen LogP contribution is 2.20. The maximum atomic E-state index is 12.5. The van der Waals surface area contributed by atoms with Crippen molar-refractivity contribution in [2.75, 3.05) is 18.0 Å². The van der Waals surface area contributed by atoms with Gasteiger partial charge in [-0.1, -0.05) is 30.3 Å². The first-order chi connectivity index (χ1) is 14.7. The number of aromatic nitrogens is 2. The zero-order valence-corrected chi connectivity index (χ0v) is 17.1. The quantitative estimate of drug-likeness (QED) is 0.643. The first-order valence-corrected chi connectivity index (χ1v) is 10.3. The molecule has 0 aliphatic carbocycles. The summed E-state index contributed by atoms with van der Waals surface area (Å²) < 4.78 is 5.87. The van der Waals surface area contributed by atoms with Crippen LogP contribution in [0.25, 0.3) is 0 Å². The van der Waals surface area contributed by atoms with Gasteiger partial charge in [0.1, 0.15) is 11.9 Å². The molecule has 154 valence electrons. The van der Waals surface area contributed by atoms with Crippen molar-refractivity contribution in [3.63, 3.8) is 0 Å². The molecule has 0 bridgehead atoms. The van der Waals surface area contributed by atoms with Gasteiger partial charge in [-0.15, -0.1) is 0 Å². The Kier molecular flexibility index (Phi) is 6.23. The topological polar surface area (TPSA) is 67.3 Å². The summed E-state index contributed by atoms with van der Waals surface area (Å²) in [5.74, 6) is 1.31. The van der Waals surface area contributed by atoms with Crippen LogP contribution in [0, 0.1) is 0 Å². The molecule has 1 saturated heterocycles. The van der Waals surface area contributed by atoms with Gasteiger partial charge in [0.2, 0.25) is 5.88 Å². The molecule has 0 spiro atoms. The van der Waals surface area contributed by atoms with Crippen LogP contribution in [0.15, 0.2) is 67.0 Å². The lowest BCUT2D eigenvalue weighted by atomic mass is 10.1. The van der Waals surface area contributed by atoms with Gasteiger partial charge >= 0.3 is 0 Å². The molecule has 6 heteroatoms. The van der Waals surface area contributed by atoms with Crippen LogP contribution in [0.5, 0.6) is 5.88 Å². The Balaban J connectivity index is 1.32. The molecular formula is C24H26N4O2. The standard InChI is InChI=1S/C24H26N4O2/c1-18(20-7-3-2-4-8-20)30-23-10-9-21(17-26-23)24(29)27-16-19-11-12-25-22(15-19)28-13-5-6-14-28/h2-4,7-12,15,17-18H,5-6,13-14,16H2,1H3,(H,27,29)/t18-/m0/s1. The second-order valence-electron chi connectivity index (χ2n) is 7.45. The average molecular weight is 402 g/mol. The molecule has 0 unspecified atom stereocenters. The Hall–Kier alpha value is -3.41. The second kappa shape index (κ2) is 9.39. The fraction of sp³-hybridized carbons (Fsp3) is 0.292. The zero-order chi connectivity index (χ0) is 20.8. The first-order valence-electron chi connectivity index (χ1n) is 10.3. The van der Waals surface area contributed by atoms with E-state index >= 15 is 0 Å². The lowest BCUT2D eigenvalue weighted by molar-refractivity contribution is 0.0950. The van der Waals surface area contributed by atoms with Crippen LogP contribution in [0.3, 0.4) is 0 Å². The van der Waals surface area contributed by atoms with Crippen molar-refractivity contribution in [2.45, 2.75) is 32.4 Å². The third kappa shape index (κ3) is 4.95. The number of hydrogen-bond acceptors (Lipinski definition) is 5. The van der Waals surface area contributed by atoms with E-state index in [0.717, 1.165) is 30.0 Å². The van der Waals surface area contributed by atoms with E-state index in [1.54, 1.807) is 24.5 Å². The van der Waals surface area contributed by atoms with E-state index < -0.39 is 0 Å². The maximum absolute atomic E-state index is 12.5. The van der Waals surface area contributed by atoms with Gasteiger partial charge in [-0.25, -0.2) is 9.97 Å². The molecule has 2 aromatic heterocycles. The molecule has 0 radical (unpaired) electrons. The lowest BCUT2D eigenvalue weighted by Gasteiger charge is -2.17. The summed E-state index contributed by atoms with van der Waals surface area (Å²) in [5, 5.41) is 2.95. The molecule has 6 nitrogen and oxygen atoms in total. The van der Waals surface area contributed by atoms with Crippen LogP contribution in [0.2, 0.25) is 0 Å². The number of anilines is 1. The molecule has 0 saturated carbocycles. The van der Waals surface area contributed by atoms with Gasteiger partial charge < -0.3 is 15.0 Å². The predicted molar refractivity (Wildman–Crippen MR) is 117 cm³/mol. The predicted octanol–water partition coefficient (Wildman–Crippen LogP) is 4.15. The molecule has 1 atom stereocenters. The van der Waals surface area contributed by atoms with Crippen molar-refractivity contribution in [3.8, 4) is 5.88 Å². The van der Waals surface area contributed by atoms with Crippen LogP contribution < -0.4 is 15.0 Å². The average Bonchev–Trinajstić information content (AvgIpc) is 3.34. The van der Waals surface area contributed by atoms with E-state index in [9.17, 15) is 4.79 Å². The summed E-state index contributed by atoms with van der Waals surface area (Å²) >= 11 is 0. The van der Waals surface area contributed by atoms with Gasteiger partial charge in [0.15, 0.2) is 0 Å². The van der Waals surface area contributed by atoms with Crippen molar-refractivity contribution in [3.05, 3.63) is 83.7 Å². The van der Waals surface area contributed by atoms with Crippen molar-refractivity contribution >= 4 is 11.7 Å². The van der Waals surface area contributed by atoms with E-state index in [-0.39, 0.29) is 12.0 Å². The molecular weight excluding hydrogens is 376 g/mol. The Bertz CT molecular complexity index is 970. The number of benzene rings is 1. The summed E-state index contributed by atoms with van der Waals surface area (Å²) in [7, 11) is 0. The van der Waals surface area contributed by atoms with Crippen molar-refractivity contribution < 1.29 is 9.53 Å². The number of rotatable bonds is 7. The molecule has 1 amide bonds. The number of hydrogen-bond donors (Lipinski definition) is 1. The third-order valence-electron chi connectivity index (χ3n) is 5.26. The lowest BCUT2D eigenvalue weighted by Crippen LogP contribution is -2.23. The monoisotopic (exact) mass is 402 g/mol. The second-order valence-corrected chi connectivity index (χ2v) is 7.45. The van der Waals surface area contributed by atoms with Gasteiger partial charge in [-0.05, 0) is 49.1 Å². The van der Waals surface area contributed by atoms with Gasteiger partial charge in [0, 0.05) is 38.1 Å². The molecule has 1 fully saturated rings. The minimum absolute atomic E-state index is 0.116. The minimum Gasteiger partial charge on any atom is -0.470 e. The van der Waals surface area contributed by atoms with Crippen molar-refractivity contribution in [1.29, 1.82) is 0 Å². The van der Waals surface area contributed by atoms with E-state index in [1.165, 1.54) is 12.8 Å². The van der Waals surface area contributed by atoms with E-state index in [0.29, 0.717) is 18.0 Å². The molecule has 3 heterocycles. The molecule has 1 aromatic carbocycles. The molecule has 1 aliphatic rings. The van der Waals surface area contributed by atoms with Crippen molar-refractivity contribution in [1.82, 2.24) is 15.3 Å². The van der Waals surface area contributed by atoms with Crippen LogP contribution in [-0.4, -0.2) is 29.0 Å². The Morgan fingerprint density at radius 1 is 1.10 bits per heavy atom. The van der Waals surface area contributed by atoms with Gasteiger partial charge in [-0.2, -0.15) is 0 Å². The number of nitrogens with one attached hydrogen (secondary N) is 1. The molecule has 1 aliphatic heterocycles. The Morgan fingerprint density at radius 3 is 2.63 bits per heavy atom. The first kappa shape index (κ1) is 19.9. The van der Waals surface area contributed by atoms with Gasteiger partial charge in [0.25, 0.3) is 5.91 Å². The highest BCUT2D eigenvalue weighted by atomic mass is 16.5. The van der Waals surface area contributed by atoms with Crippen LogP contribution in [-0.2, 0) is 6.54 Å². The largest absolute Gasteiger partial charge is 0.470 e. The van der Waals surface area contributed by atoms with Crippen LogP contribution in [0.4, 0.5) is 5.82 Å². The number of carbonyl (C=O) groups is 1. The summed E-state index contributed by atoms with van der Waals surface area (Å²) in [6, 6.07) is 17.4. The Morgan fingerprint density at radius 2 is 1.90 bits per heavy atom. The smallest absolute Gasteiger partial charge is 0.253 e. The number of ether oxygens (including phenoxy) is 1. The number of nitrogens with zero attached hydrogens (tertiary/aromatic N) is 3. The summed E-state index contributed by atoms with van der Waals surface area (Å²) in [5.41, 5.74) is 2.61. The SMILES string of the molecule is C[C@H](Oc1ccc(C(=O)NCc2ccnc(N3CCCC3)c2)cn1)c1ccccc1. The minimum atomic E-state index is -0.162. The van der Waals surface area contributed by atoms with E-state index in [2.05, 4.69) is 20.2 Å². The highest BCUT2D eigenvalue weighted by molar-refractivity contribution is 5.93. The number of pyridine rings is 2. The molecule has 4 rings (SSSR count). The van der Waals surface area contributed by atoms with Crippen LogP contribution >= 0.6 is 0 Å². The highest BCUT2D eigenvalue weighted by Gasteiger charge is 2.14. The fourth-order valence-corrected chi connectivity index (χ4v) is 3.53. The van der Waals surface area contributed by atoms with Gasteiger partial charge in [0.05, 0.1) is 5.56 Å². The van der Waals surface area contributed by atoms with Crippen LogP contribution in [0.1, 0.15) is 47.4 Å². The summed E-state index contributed by atoms with van der Waals surface area (Å²) in [6.07, 6.45) is 5.65. The zero-order valence-electron chi connectivity index (χ0n) is 17.1. The molecule has 3 aromatic rings. The number of amides is 1. The van der Waals surface area contributed by atoms with E-state index in [4.69, 9.17) is 4.74 Å². The number of carbonyl (C=O) groups excluding carboxylic acids is 1. The van der Waals surface area contributed by atoms with Gasteiger partial charge in [-0.3, -0.25) is 4.79 Å². The fourth-order valence-electron chi connectivity index (χ4n) is 3.53. The summed E-state index contributed by atoms with van der Waals surface area (Å²) in [4.78, 5) is 23.5. The molecule has 1 N–H and O–H groups in total. The third-order valence-corrected chi connectivity index (χ3v) is 5.26. The maximum Gasteiger partial charge on any atom is 0.253 e. The summed E-state index contributed by atoms with van der Waals surface area (Å²) in [6.45, 7) is 4.52. The normalized spacial score (nSPS) is 14.4. The van der Waals surface area contributed by atoms with Crippen molar-refractivity contribution in [2.24, 2.45) is 0 Å². The molecule has 30 heavy (non-hydrogen) atoms. The Labute approximate surface area is 176 Å².